The molecule has 0 aromatic carbocycles. The van der Waals surface area contributed by atoms with Crippen LogP contribution in [0.5, 0.6) is 0 Å². The summed E-state index contributed by atoms with van der Waals surface area (Å²) >= 11 is 0. The molecule has 1 aliphatic heterocycles. The number of aliphatic hydroxyl groups excluding tert-OH is 1. The van der Waals surface area contributed by atoms with Crippen molar-refractivity contribution in [2.24, 2.45) is 34.5 Å². The first-order valence-electron chi connectivity index (χ1n) is 9.70. The average molecular weight is 318 g/mol. The number of ketones is 1. The number of carbonyl (C=O) groups excluding carboxylic acids is 1. The molecular formula is C20H30O3. The summed E-state index contributed by atoms with van der Waals surface area (Å²) < 4.78 is 6.39. The number of epoxide rings is 1. The minimum absolute atomic E-state index is 0.0282. The Bertz CT molecular complexity index is 573. The Morgan fingerprint density at radius 1 is 1.09 bits per heavy atom. The van der Waals surface area contributed by atoms with Crippen molar-refractivity contribution >= 4 is 5.78 Å². The van der Waals surface area contributed by atoms with Crippen LogP contribution in [0, 0.1) is 34.5 Å². The molecule has 4 aliphatic carbocycles. The van der Waals surface area contributed by atoms with Crippen LogP contribution in [0.25, 0.3) is 0 Å². The predicted molar refractivity (Wildman–Crippen MR) is 86.8 cm³/mol. The fourth-order valence-corrected chi connectivity index (χ4v) is 8.10. The molecule has 0 aromatic heterocycles. The third kappa shape index (κ3) is 1.53. The smallest absolute Gasteiger partial charge is 0.133 e. The topological polar surface area (TPSA) is 49.8 Å². The zero-order chi connectivity index (χ0) is 16.2. The van der Waals surface area contributed by atoms with Crippen LogP contribution in [0.1, 0.15) is 65.7 Å². The average Bonchev–Trinajstić information content (AvgIpc) is 3.00. The Morgan fingerprint density at radius 3 is 2.61 bits per heavy atom. The van der Waals surface area contributed by atoms with E-state index in [1.807, 2.05) is 0 Å². The summed E-state index contributed by atoms with van der Waals surface area (Å²) in [6, 6.07) is 0. The lowest BCUT2D eigenvalue weighted by Gasteiger charge is -2.52. The maximum absolute atomic E-state index is 12.2. The number of fused-ring (bicyclic) bond motifs is 5. The molecule has 3 nitrogen and oxygen atoms in total. The molecule has 4 saturated carbocycles. The van der Waals surface area contributed by atoms with E-state index in [4.69, 9.17) is 4.74 Å². The summed E-state index contributed by atoms with van der Waals surface area (Å²) in [5.41, 5.74) is 0.430. The van der Waals surface area contributed by atoms with Gasteiger partial charge < -0.3 is 9.84 Å². The van der Waals surface area contributed by atoms with Crippen LogP contribution in [0.3, 0.4) is 0 Å². The van der Waals surface area contributed by atoms with Gasteiger partial charge in [-0.25, -0.2) is 0 Å². The molecule has 0 unspecified atom stereocenters. The standard InChI is InChI=1S/C20H30O3/c1-11(21)13-4-5-14-16-15(7-8-18(13,14)2)19(3)9-6-12(22)10-20(19)17(16)23-20/h12-17,22H,4-10H2,1-3H3/t12-,13-,14-,15-,16-,17+,18+,19+,20+/m0/s1. The summed E-state index contributed by atoms with van der Waals surface area (Å²) in [6.07, 6.45) is 7.85. The fraction of sp³-hybridized carbons (Fsp3) is 0.950. The third-order valence-electron chi connectivity index (χ3n) is 9.23. The van der Waals surface area contributed by atoms with Crippen molar-refractivity contribution in [3.8, 4) is 0 Å². The van der Waals surface area contributed by atoms with Crippen molar-refractivity contribution in [1.82, 2.24) is 0 Å². The first-order chi connectivity index (χ1) is 10.8. The van der Waals surface area contributed by atoms with Crippen LogP contribution in [-0.4, -0.2) is 28.7 Å². The van der Waals surface area contributed by atoms with Crippen LogP contribution in [0.2, 0.25) is 0 Å². The normalized spacial score (nSPS) is 63.0. The number of Topliss-reactive ketones (excluding diaryl/α,β-unsaturated/α-hetero) is 1. The SMILES string of the molecule is CC(=O)[C@@H]1CC[C@H]2[C@@H]3[C@H]4O[C@]45C[C@@H](O)CC[C@]5(C)[C@H]3CC[C@]12C. The van der Waals surface area contributed by atoms with Gasteiger partial charge >= 0.3 is 0 Å². The largest absolute Gasteiger partial charge is 0.393 e. The van der Waals surface area contributed by atoms with Crippen LogP contribution < -0.4 is 0 Å². The fourth-order valence-electron chi connectivity index (χ4n) is 8.10. The first-order valence-corrected chi connectivity index (χ1v) is 9.70. The van der Waals surface area contributed by atoms with Crippen LogP contribution in [-0.2, 0) is 9.53 Å². The highest BCUT2D eigenvalue weighted by Gasteiger charge is 2.81. The monoisotopic (exact) mass is 318 g/mol. The summed E-state index contributed by atoms with van der Waals surface area (Å²) in [5.74, 6) is 2.70. The number of carbonyl (C=O) groups is 1. The zero-order valence-corrected chi connectivity index (χ0v) is 14.7. The minimum atomic E-state index is -0.173. The molecule has 1 saturated heterocycles. The second-order valence-electron chi connectivity index (χ2n) is 9.82. The number of hydrogen-bond donors (Lipinski definition) is 1. The number of hydrogen-bond acceptors (Lipinski definition) is 3. The van der Waals surface area contributed by atoms with Gasteiger partial charge in [0.25, 0.3) is 0 Å². The van der Waals surface area contributed by atoms with Crippen LogP contribution >= 0.6 is 0 Å². The molecule has 0 aromatic rings. The summed E-state index contributed by atoms with van der Waals surface area (Å²) in [5, 5.41) is 10.2. The zero-order valence-electron chi connectivity index (χ0n) is 14.7. The van der Waals surface area contributed by atoms with Gasteiger partial charge in [0.15, 0.2) is 0 Å². The Kier molecular flexibility index (Phi) is 2.73. The van der Waals surface area contributed by atoms with Gasteiger partial charge in [-0.1, -0.05) is 13.8 Å². The van der Waals surface area contributed by atoms with Gasteiger partial charge in [-0.15, -0.1) is 0 Å². The molecule has 5 rings (SSSR count). The molecule has 0 bridgehead atoms. The Balaban J connectivity index is 1.53. The van der Waals surface area contributed by atoms with E-state index in [-0.39, 0.29) is 28.5 Å². The van der Waals surface area contributed by atoms with E-state index < -0.39 is 0 Å². The first kappa shape index (κ1) is 14.9. The van der Waals surface area contributed by atoms with Gasteiger partial charge in [0, 0.05) is 17.8 Å². The number of ether oxygens (including phenoxy) is 1. The third-order valence-corrected chi connectivity index (χ3v) is 9.23. The van der Waals surface area contributed by atoms with E-state index in [9.17, 15) is 9.90 Å². The summed E-state index contributed by atoms with van der Waals surface area (Å²) in [7, 11) is 0. The van der Waals surface area contributed by atoms with Gasteiger partial charge in [0.1, 0.15) is 11.4 Å². The molecule has 1 N–H and O–H groups in total. The van der Waals surface area contributed by atoms with Gasteiger partial charge in [-0.3, -0.25) is 4.79 Å². The van der Waals surface area contributed by atoms with Gasteiger partial charge in [0.05, 0.1) is 12.2 Å². The molecule has 0 amide bonds. The molecule has 0 radical (unpaired) electrons. The Labute approximate surface area is 139 Å². The highest BCUT2D eigenvalue weighted by Crippen LogP contribution is 2.77. The van der Waals surface area contributed by atoms with Gasteiger partial charge in [0.2, 0.25) is 0 Å². The maximum Gasteiger partial charge on any atom is 0.133 e. The van der Waals surface area contributed by atoms with E-state index >= 15 is 0 Å². The highest BCUT2D eigenvalue weighted by atomic mass is 16.6. The molecule has 128 valence electrons. The quantitative estimate of drug-likeness (QED) is 0.754. The minimum Gasteiger partial charge on any atom is -0.393 e. The molecule has 1 spiro atoms. The molecule has 23 heavy (non-hydrogen) atoms. The van der Waals surface area contributed by atoms with Crippen molar-refractivity contribution in [2.45, 2.75) is 83.5 Å². The van der Waals surface area contributed by atoms with E-state index in [2.05, 4.69) is 13.8 Å². The van der Waals surface area contributed by atoms with E-state index in [0.717, 1.165) is 31.6 Å². The molecule has 1 heterocycles. The van der Waals surface area contributed by atoms with Crippen molar-refractivity contribution in [1.29, 1.82) is 0 Å². The molecule has 9 atom stereocenters. The molecular weight excluding hydrogens is 288 g/mol. The van der Waals surface area contributed by atoms with Crippen molar-refractivity contribution in [2.75, 3.05) is 0 Å². The van der Waals surface area contributed by atoms with Gasteiger partial charge in [-0.2, -0.15) is 0 Å². The lowest BCUT2D eigenvalue weighted by Crippen LogP contribution is -2.49. The van der Waals surface area contributed by atoms with Crippen LogP contribution in [0.4, 0.5) is 0 Å². The second kappa shape index (κ2) is 4.22. The van der Waals surface area contributed by atoms with Gasteiger partial charge in [-0.05, 0) is 68.6 Å². The van der Waals surface area contributed by atoms with Crippen molar-refractivity contribution < 1.29 is 14.6 Å². The molecule has 5 fully saturated rings. The maximum atomic E-state index is 12.2. The Morgan fingerprint density at radius 2 is 1.87 bits per heavy atom. The van der Waals surface area contributed by atoms with E-state index in [1.54, 1.807) is 6.92 Å². The lowest BCUT2D eigenvalue weighted by atomic mass is 9.53. The number of rotatable bonds is 1. The lowest BCUT2D eigenvalue weighted by molar-refractivity contribution is -0.129. The second-order valence-corrected chi connectivity index (χ2v) is 9.82. The van der Waals surface area contributed by atoms with Crippen LogP contribution in [0.15, 0.2) is 0 Å². The number of aliphatic hydroxyl groups is 1. The molecule has 3 heteroatoms. The molecule has 5 aliphatic rings. The van der Waals surface area contributed by atoms with E-state index in [0.29, 0.717) is 23.7 Å². The van der Waals surface area contributed by atoms with Crippen molar-refractivity contribution in [3.05, 3.63) is 0 Å². The Hall–Kier alpha value is -0.410. The summed E-state index contributed by atoms with van der Waals surface area (Å²) in [4.78, 5) is 12.2. The summed E-state index contributed by atoms with van der Waals surface area (Å²) in [6.45, 7) is 6.64. The van der Waals surface area contributed by atoms with Crippen molar-refractivity contribution in [3.63, 3.8) is 0 Å². The predicted octanol–water partition coefficient (Wildman–Crippen LogP) is 3.34. The highest BCUT2D eigenvalue weighted by molar-refractivity contribution is 5.79. The van der Waals surface area contributed by atoms with E-state index in [1.165, 1.54) is 19.3 Å².